The van der Waals surface area contributed by atoms with Crippen LogP contribution < -0.4 is 5.32 Å². The first-order valence-electron chi connectivity index (χ1n) is 13.7. The standard InChI is InChI=1S/C29H42N4O2/c1-2-33-11-5-8-28(33)18-30-29(34)27-17-24(20-31-12-14-35-15-13-31)21-32(22-27)19-23-9-10-25-6-3-4-7-26(25)16-23/h3-4,6-7,9-10,16,24,27-28H,2,5,8,11-15,17-22H2,1H3,(H,30,34)/t24-,27-,28+/m1/s1. The van der Waals surface area contributed by atoms with Crippen LogP contribution in [0.25, 0.3) is 10.8 Å². The monoisotopic (exact) mass is 478 g/mol. The number of benzene rings is 2. The van der Waals surface area contributed by atoms with Crippen molar-refractivity contribution in [3.8, 4) is 0 Å². The van der Waals surface area contributed by atoms with Gasteiger partial charge in [0.15, 0.2) is 0 Å². The van der Waals surface area contributed by atoms with Crippen LogP contribution in [0.5, 0.6) is 0 Å². The third kappa shape index (κ3) is 6.42. The maximum atomic E-state index is 13.4. The smallest absolute Gasteiger partial charge is 0.224 e. The zero-order valence-electron chi connectivity index (χ0n) is 21.3. The van der Waals surface area contributed by atoms with E-state index in [4.69, 9.17) is 4.74 Å². The lowest BCUT2D eigenvalue weighted by Crippen LogP contribution is -2.51. The molecule has 6 nitrogen and oxygen atoms in total. The summed E-state index contributed by atoms with van der Waals surface area (Å²) in [5.74, 6) is 0.826. The highest BCUT2D eigenvalue weighted by molar-refractivity contribution is 5.83. The van der Waals surface area contributed by atoms with Gasteiger partial charge in [0.1, 0.15) is 0 Å². The zero-order valence-corrected chi connectivity index (χ0v) is 21.3. The Hall–Kier alpha value is -1.99. The van der Waals surface area contributed by atoms with Crippen LogP contribution in [0.15, 0.2) is 42.5 Å². The van der Waals surface area contributed by atoms with Crippen molar-refractivity contribution in [1.29, 1.82) is 0 Å². The fourth-order valence-corrected chi connectivity index (χ4v) is 6.40. The number of fused-ring (bicyclic) bond motifs is 1. The fraction of sp³-hybridized carbons (Fsp3) is 0.621. The van der Waals surface area contributed by atoms with Gasteiger partial charge in [0.2, 0.25) is 5.91 Å². The molecule has 190 valence electrons. The molecule has 0 aromatic heterocycles. The average Bonchev–Trinajstić information content (AvgIpc) is 3.35. The molecule has 2 aromatic rings. The number of carbonyl (C=O) groups is 1. The van der Waals surface area contributed by atoms with Crippen LogP contribution >= 0.6 is 0 Å². The van der Waals surface area contributed by atoms with Crippen LogP contribution in [-0.2, 0) is 16.1 Å². The number of likely N-dealkylation sites (tertiary alicyclic amines) is 2. The quantitative estimate of drug-likeness (QED) is 0.631. The molecule has 6 heteroatoms. The van der Waals surface area contributed by atoms with Crippen molar-refractivity contribution in [2.24, 2.45) is 11.8 Å². The Morgan fingerprint density at radius 1 is 1.03 bits per heavy atom. The topological polar surface area (TPSA) is 48.1 Å². The molecule has 0 spiro atoms. The third-order valence-electron chi connectivity index (χ3n) is 8.24. The number of morpholine rings is 1. The molecular formula is C29H42N4O2. The van der Waals surface area contributed by atoms with Gasteiger partial charge in [-0.2, -0.15) is 0 Å². The highest BCUT2D eigenvalue weighted by atomic mass is 16.5. The second kappa shape index (κ2) is 11.8. The van der Waals surface area contributed by atoms with Crippen LogP contribution in [0, 0.1) is 11.8 Å². The SMILES string of the molecule is CCN1CCC[C@H]1CNC(=O)[C@@H]1C[C@H](CN2CCOCC2)CN(Cc2ccc3ccccc3c2)C1. The summed E-state index contributed by atoms with van der Waals surface area (Å²) in [5.41, 5.74) is 1.33. The third-order valence-corrected chi connectivity index (χ3v) is 8.24. The molecule has 5 rings (SSSR count). The van der Waals surface area contributed by atoms with Crippen LogP contribution in [-0.4, -0.2) is 92.2 Å². The first kappa shape index (κ1) is 24.7. The Balaban J connectivity index is 1.25. The Labute approximate surface area is 210 Å². The van der Waals surface area contributed by atoms with Gasteiger partial charge in [0.25, 0.3) is 0 Å². The molecular weight excluding hydrogens is 436 g/mol. The van der Waals surface area contributed by atoms with Crippen molar-refractivity contribution in [3.05, 3.63) is 48.0 Å². The first-order chi connectivity index (χ1) is 17.2. The number of nitrogens with one attached hydrogen (secondary N) is 1. The molecule has 0 unspecified atom stereocenters. The van der Waals surface area contributed by atoms with E-state index < -0.39 is 0 Å². The molecule has 3 aliphatic heterocycles. The van der Waals surface area contributed by atoms with E-state index in [1.165, 1.54) is 35.7 Å². The van der Waals surface area contributed by atoms with Gasteiger partial charge in [0.05, 0.1) is 19.1 Å². The van der Waals surface area contributed by atoms with Gasteiger partial charge in [-0.25, -0.2) is 0 Å². The molecule has 0 saturated carbocycles. The van der Waals surface area contributed by atoms with Crippen LogP contribution in [0.3, 0.4) is 0 Å². The Kier molecular flexibility index (Phi) is 8.35. The number of nitrogens with zero attached hydrogens (tertiary/aromatic N) is 3. The Bertz CT molecular complexity index is 976. The van der Waals surface area contributed by atoms with Crippen molar-refractivity contribution < 1.29 is 9.53 Å². The molecule has 0 bridgehead atoms. The predicted octanol–water partition coefficient (Wildman–Crippen LogP) is 3.21. The summed E-state index contributed by atoms with van der Waals surface area (Å²) in [6.07, 6.45) is 3.44. The fourth-order valence-electron chi connectivity index (χ4n) is 6.40. The minimum absolute atomic E-state index is 0.0618. The van der Waals surface area contributed by atoms with Gasteiger partial charge in [-0.15, -0.1) is 0 Å². The number of hydrogen-bond donors (Lipinski definition) is 1. The van der Waals surface area contributed by atoms with Crippen molar-refractivity contribution in [2.75, 3.05) is 65.6 Å². The first-order valence-corrected chi connectivity index (χ1v) is 13.7. The summed E-state index contributed by atoms with van der Waals surface area (Å²) < 4.78 is 5.56. The summed E-state index contributed by atoms with van der Waals surface area (Å²) in [5, 5.41) is 5.92. The van der Waals surface area contributed by atoms with Gasteiger partial charge in [-0.3, -0.25) is 19.5 Å². The molecule has 35 heavy (non-hydrogen) atoms. The molecule has 1 amide bonds. The van der Waals surface area contributed by atoms with Crippen LogP contribution in [0.4, 0.5) is 0 Å². The lowest BCUT2D eigenvalue weighted by molar-refractivity contribution is -0.128. The number of carbonyl (C=O) groups excluding carboxylic acids is 1. The normalized spacial score (nSPS) is 26.8. The van der Waals surface area contributed by atoms with Gasteiger partial charge in [-0.1, -0.05) is 43.3 Å². The molecule has 0 radical (unpaired) electrons. The van der Waals surface area contributed by atoms with E-state index in [0.29, 0.717) is 12.0 Å². The molecule has 3 atom stereocenters. The van der Waals surface area contributed by atoms with Crippen molar-refractivity contribution >= 4 is 16.7 Å². The Morgan fingerprint density at radius 3 is 2.69 bits per heavy atom. The average molecular weight is 479 g/mol. The van der Waals surface area contributed by atoms with E-state index in [9.17, 15) is 4.79 Å². The molecule has 3 saturated heterocycles. The lowest BCUT2D eigenvalue weighted by Gasteiger charge is -2.40. The van der Waals surface area contributed by atoms with Gasteiger partial charge < -0.3 is 10.1 Å². The van der Waals surface area contributed by atoms with E-state index in [-0.39, 0.29) is 11.8 Å². The maximum absolute atomic E-state index is 13.4. The van der Waals surface area contributed by atoms with E-state index in [2.05, 4.69) is 69.4 Å². The number of likely N-dealkylation sites (N-methyl/N-ethyl adjacent to an activating group) is 1. The minimum Gasteiger partial charge on any atom is -0.379 e. The maximum Gasteiger partial charge on any atom is 0.224 e. The Morgan fingerprint density at radius 2 is 1.86 bits per heavy atom. The van der Waals surface area contributed by atoms with Gasteiger partial charge >= 0.3 is 0 Å². The van der Waals surface area contributed by atoms with Crippen molar-refractivity contribution in [3.63, 3.8) is 0 Å². The predicted molar refractivity (Wildman–Crippen MR) is 141 cm³/mol. The highest BCUT2D eigenvalue weighted by Gasteiger charge is 2.33. The highest BCUT2D eigenvalue weighted by Crippen LogP contribution is 2.26. The number of piperidine rings is 1. The number of amides is 1. The van der Waals surface area contributed by atoms with E-state index in [1.807, 2.05) is 0 Å². The van der Waals surface area contributed by atoms with E-state index in [0.717, 1.165) is 72.0 Å². The lowest BCUT2D eigenvalue weighted by atomic mass is 9.87. The number of ether oxygens (including phenoxy) is 1. The van der Waals surface area contributed by atoms with Gasteiger partial charge in [0, 0.05) is 51.9 Å². The second-order valence-corrected chi connectivity index (χ2v) is 10.8. The largest absolute Gasteiger partial charge is 0.379 e. The van der Waals surface area contributed by atoms with E-state index in [1.54, 1.807) is 0 Å². The summed E-state index contributed by atoms with van der Waals surface area (Å²) in [6.45, 7) is 12.8. The molecule has 2 aromatic carbocycles. The molecule has 3 heterocycles. The second-order valence-electron chi connectivity index (χ2n) is 10.8. The van der Waals surface area contributed by atoms with Crippen molar-refractivity contribution in [2.45, 2.75) is 38.8 Å². The molecule has 0 aliphatic carbocycles. The summed E-state index contributed by atoms with van der Waals surface area (Å²) in [7, 11) is 0. The van der Waals surface area contributed by atoms with E-state index >= 15 is 0 Å². The zero-order chi connectivity index (χ0) is 24.0. The summed E-state index contributed by atoms with van der Waals surface area (Å²) >= 11 is 0. The van der Waals surface area contributed by atoms with Crippen LogP contribution in [0.1, 0.15) is 31.7 Å². The minimum atomic E-state index is 0.0618. The molecule has 3 fully saturated rings. The van der Waals surface area contributed by atoms with Gasteiger partial charge in [-0.05, 0) is 60.7 Å². The molecule has 1 N–H and O–H groups in total. The van der Waals surface area contributed by atoms with Crippen molar-refractivity contribution in [1.82, 2.24) is 20.0 Å². The number of hydrogen-bond acceptors (Lipinski definition) is 5. The molecule has 3 aliphatic rings. The number of rotatable bonds is 8. The summed E-state index contributed by atoms with van der Waals surface area (Å²) in [4.78, 5) is 20.9. The van der Waals surface area contributed by atoms with Crippen LogP contribution in [0.2, 0.25) is 0 Å². The summed E-state index contributed by atoms with van der Waals surface area (Å²) in [6, 6.07) is 15.9.